The Morgan fingerprint density at radius 1 is 1.42 bits per heavy atom. The van der Waals surface area contributed by atoms with Gasteiger partial charge in [-0.2, -0.15) is 13.2 Å². The minimum absolute atomic E-state index is 0.0702. The monoisotopic (exact) mass is 367 g/mol. The molecule has 1 aromatic carbocycles. The second-order valence-corrected chi connectivity index (χ2v) is 6.62. The molecule has 0 unspecified atom stereocenters. The topological polar surface area (TPSA) is 55.8 Å². The molecule has 2 fully saturated rings. The zero-order valence-corrected chi connectivity index (χ0v) is 13.8. The third-order valence-electron chi connectivity index (χ3n) is 5.14. The van der Waals surface area contributed by atoms with E-state index in [-0.39, 0.29) is 18.8 Å². The number of anilines is 1. The van der Waals surface area contributed by atoms with Crippen LogP contribution in [0.1, 0.15) is 12.5 Å². The van der Waals surface area contributed by atoms with Crippen LogP contribution in [0.5, 0.6) is 0 Å². The van der Waals surface area contributed by atoms with Crippen molar-refractivity contribution in [3.8, 4) is 0 Å². The van der Waals surface area contributed by atoms with Crippen LogP contribution in [0.15, 0.2) is 36.4 Å². The van der Waals surface area contributed by atoms with Gasteiger partial charge in [-0.3, -0.25) is 9.59 Å². The summed E-state index contributed by atoms with van der Waals surface area (Å²) >= 11 is 0. The SMILES string of the molecule is CCOC(=O)[C@H]1[C@H]2C(=O)N(c3cccc(C(F)(F)F)c3)C[C@@]23C=C[C@H]1O3. The van der Waals surface area contributed by atoms with Crippen LogP contribution < -0.4 is 4.90 Å². The molecule has 1 spiro atoms. The quantitative estimate of drug-likeness (QED) is 0.609. The zero-order chi connectivity index (χ0) is 18.7. The molecule has 0 radical (unpaired) electrons. The van der Waals surface area contributed by atoms with Crippen molar-refractivity contribution in [3.05, 3.63) is 42.0 Å². The minimum atomic E-state index is -4.50. The van der Waals surface area contributed by atoms with Gasteiger partial charge in [0.1, 0.15) is 11.5 Å². The fourth-order valence-corrected chi connectivity index (χ4v) is 4.07. The van der Waals surface area contributed by atoms with Crippen molar-refractivity contribution in [1.82, 2.24) is 0 Å². The number of nitrogens with zero attached hydrogens (tertiary/aromatic N) is 1. The van der Waals surface area contributed by atoms with Crippen molar-refractivity contribution >= 4 is 17.6 Å². The maximum Gasteiger partial charge on any atom is 0.416 e. The maximum atomic E-state index is 13.0. The summed E-state index contributed by atoms with van der Waals surface area (Å²) in [6.45, 7) is 1.92. The lowest BCUT2D eigenvalue weighted by Crippen LogP contribution is -2.40. The van der Waals surface area contributed by atoms with Gasteiger partial charge in [0, 0.05) is 5.69 Å². The third-order valence-corrected chi connectivity index (χ3v) is 5.14. The molecule has 3 aliphatic rings. The smallest absolute Gasteiger partial charge is 0.416 e. The molecule has 2 saturated heterocycles. The summed E-state index contributed by atoms with van der Waals surface area (Å²) in [6.07, 6.45) is -1.58. The molecule has 1 aromatic rings. The summed E-state index contributed by atoms with van der Waals surface area (Å²) in [5.74, 6) is -2.50. The van der Waals surface area contributed by atoms with E-state index in [4.69, 9.17) is 9.47 Å². The average Bonchev–Trinajstić information content (AvgIpc) is 3.23. The molecule has 3 heterocycles. The molecule has 3 aliphatic heterocycles. The molecular weight excluding hydrogens is 351 g/mol. The third kappa shape index (κ3) is 2.35. The van der Waals surface area contributed by atoms with Crippen LogP contribution in [0.3, 0.4) is 0 Å². The van der Waals surface area contributed by atoms with Gasteiger partial charge < -0.3 is 14.4 Å². The molecule has 0 saturated carbocycles. The summed E-state index contributed by atoms with van der Waals surface area (Å²) in [5.41, 5.74) is -1.69. The van der Waals surface area contributed by atoms with Crippen LogP contribution in [0.4, 0.5) is 18.9 Å². The van der Waals surface area contributed by atoms with Crippen molar-refractivity contribution in [2.75, 3.05) is 18.1 Å². The second kappa shape index (κ2) is 5.57. The number of benzene rings is 1. The van der Waals surface area contributed by atoms with Gasteiger partial charge in [0.05, 0.1) is 30.7 Å². The predicted molar refractivity (Wildman–Crippen MR) is 84.2 cm³/mol. The van der Waals surface area contributed by atoms with Crippen LogP contribution >= 0.6 is 0 Å². The number of ether oxygens (including phenoxy) is 2. The van der Waals surface area contributed by atoms with Gasteiger partial charge in [0.2, 0.25) is 5.91 Å². The lowest BCUT2D eigenvalue weighted by molar-refractivity contribution is -0.151. The lowest BCUT2D eigenvalue weighted by atomic mass is 9.77. The normalized spacial score (nSPS) is 32.2. The molecule has 5 nitrogen and oxygen atoms in total. The number of alkyl halides is 3. The molecular formula is C18H16F3NO4. The Kier molecular flexibility index (Phi) is 3.66. The minimum Gasteiger partial charge on any atom is -0.466 e. The summed E-state index contributed by atoms with van der Waals surface area (Å²) < 4.78 is 49.9. The van der Waals surface area contributed by atoms with E-state index in [2.05, 4.69) is 0 Å². The molecule has 26 heavy (non-hydrogen) atoms. The van der Waals surface area contributed by atoms with E-state index in [1.54, 1.807) is 19.1 Å². The Morgan fingerprint density at radius 3 is 2.88 bits per heavy atom. The molecule has 4 rings (SSSR count). The summed E-state index contributed by atoms with van der Waals surface area (Å²) in [4.78, 5) is 26.5. The highest BCUT2D eigenvalue weighted by molar-refractivity contribution is 6.02. The largest absolute Gasteiger partial charge is 0.466 e. The lowest BCUT2D eigenvalue weighted by Gasteiger charge is -2.22. The standard InChI is InChI=1S/C18H16F3NO4/c1-2-25-16(24)13-12-6-7-17(26-12)9-22(15(23)14(13)17)11-5-3-4-10(8-11)18(19,20)21/h3-8,12-14H,2,9H2,1H3/t12-,13-,14+,17+/m1/s1. The van der Waals surface area contributed by atoms with Gasteiger partial charge >= 0.3 is 12.1 Å². The molecule has 0 N–H and O–H groups in total. The van der Waals surface area contributed by atoms with Crippen LogP contribution in [-0.2, 0) is 25.2 Å². The first kappa shape index (κ1) is 17.1. The zero-order valence-electron chi connectivity index (χ0n) is 13.8. The molecule has 4 atom stereocenters. The number of fused-ring (bicyclic) bond motifs is 1. The fourth-order valence-electron chi connectivity index (χ4n) is 4.07. The van der Waals surface area contributed by atoms with E-state index >= 15 is 0 Å². The van der Waals surface area contributed by atoms with Crippen molar-refractivity contribution in [2.24, 2.45) is 11.8 Å². The van der Waals surface area contributed by atoms with Crippen molar-refractivity contribution in [1.29, 1.82) is 0 Å². The first-order valence-corrected chi connectivity index (χ1v) is 8.29. The molecule has 1 amide bonds. The molecule has 0 aliphatic carbocycles. The van der Waals surface area contributed by atoms with Gasteiger partial charge in [-0.05, 0) is 25.1 Å². The first-order valence-electron chi connectivity index (χ1n) is 8.29. The number of halogens is 3. The highest BCUT2D eigenvalue weighted by Gasteiger charge is 2.67. The van der Waals surface area contributed by atoms with Gasteiger partial charge in [-0.25, -0.2) is 0 Å². The predicted octanol–water partition coefficient (Wildman–Crippen LogP) is 2.55. The second-order valence-electron chi connectivity index (χ2n) is 6.62. The summed E-state index contributed by atoms with van der Waals surface area (Å²) in [5, 5.41) is 0. The van der Waals surface area contributed by atoms with Gasteiger partial charge in [0.15, 0.2) is 0 Å². The van der Waals surface area contributed by atoms with Crippen LogP contribution in [0, 0.1) is 11.8 Å². The van der Waals surface area contributed by atoms with E-state index in [0.717, 1.165) is 12.1 Å². The average molecular weight is 367 g/mol. The van der Waals surface area contributed by atoms with Crippen molar-refractivity contribution < 1.29 is 32.2 Å². The number of esters is 1. The Morgan fingerprint density at radius 2 is 2.19 bits per heavy atom. The van der Waals surface area contributed by atoms with Gasteiger partial charge in [-0.15, -0.1) is 0 Å². The van der Waals surface area contributed by atoms with E-state index in [9.17, 15) is 22.8 Å². The molecule has 138 valence electrons. The molecule has 0 aromatic heterocycles. The number of hydrogen-bond acceptors (Lipinski definition) is 4. The van der Waals surface area contributed by atoms with E-state index in [1.165, 1.54) is 17.0 Å². The Labute approximate surface area is 147 Å². The number of carbonyl (C=O) groups is 2. The Hall–Kier alpha value is -2.35. The Bertz CT molecular complexity index is 806. The van der Waals surface area contributed by atoms with Crippen LogP contribution in [-0.4, -0.2) is 36.7 Å². The number of carbonyl (C=O) groups excluding carboxylic acids is 2. The molecule has 8 heteroatoms. The molecule has 2 bridgehead atoms. The number of amides is 1. The van der Waals surface area contributed by atoms with Crippen molar-refractivity contribution in [3.63, 3.8) is 0 Å². The summed E-state index contributed by atoms with van der Waals surface area (Å²) in [7, 11) is 0. The van der Waals surface area contributed by atoms with Crippen molar-refractivity contribution in [2.45, 2.75) is 24.8 Å². The van der Waals surface area contributed by atoms with Gasteiger partial charge in [-0.1, -0.05) is 18.2 Å². The van der Waals surface area contributed by atoms with E-state index < -0.39 is 47.2 Å². The van der Waals surface area contributed by atoms with E-state index in [1.807, 2.05) is 0 Å². The first-order chi connectivity index (χ1) is 12.3. The highest BCUT2D eigenvalue weighted by atomic mass is 19.4. The number of rotatable bonds is 3. The van der Waals surface area contributed by atoms with Crippen LogP contribution in [0.2, 0.25) is 0 Å². The fraction of sp³-hybridized carbons (Fsp3) is 0.444. The maximum absolute atomic E-state index is 13.0. The van der Waals surface area contributed by atoms with Crippen LogP contribution in [0.25, 0.3) is 0 Å². The number of hydrogen-bond donors (Lipinski definition) is 0. The van der Waals surface area contributed by atoms with E-state index in [0.29, 0.717) is 0 Å². The Balaban J connectivity index is 1.68. The summed E-state index contributed by atoms with van der Waals surface area (Å²) in [6, 6.07) is 4.59. The highest BCUT2D eigenvalue weighted by Crippen LogP contribution is 2.53. The van der Waals surface area contributed by atoms with Gasteiger partial charge in [0.25, 0.3) is 0 Å².